The molecule has 2 unspecified atom stereocenters. The van der Waals surface area contributed by atoms with Crippen molar-refractivity contribution in [3.8, 4) is 0 Å². The third-order valence-electron chi connectivity index (χ3n) is 4.50. The first-order chi connectivity index (χ1) is 13.5. The largest absolute Gasteiger partial charge is 0.353 e. The van der Waals surface area contributed by atoms with Gasteiger partial charge in [0.1, 0.15) is 0 Å². The predicted octanol–water partition coefficient (Wildman–Crippen LogP) is 0.952. The van der Waals surface area contributed by atoms with Gasteiger partial charge in [-0.2, -0.15) is 0 Å². The van der Waals surface area contributed by atoms with E-state index in [0.717, 1.165) is 46.2 Å². The Kier molecular flexibility index (Phi) is 18.3. The molecule has 0 spiro atoms. The first kappa shape index (κ1) is 27.5. The topological polar surface area (TPSA) is 78.1 Å². The van der Waals surface area contributed by atoms with Gasteiger partial charge < -0.3 is 29.6 Å². The Hall–Kier alpha value is -0.456. The van der Waals surface area contributed by atoms with Crippen LogP contribution in [0.25, 0.3) is 0 Å². The number of carbonyl (C=O) groups excluding carboxylic acids is 1. The fraction of sp³-hybridized carbons (Fsp3) is 0.947. The molecule has 0 aliphatic rings. The monoisotopic (exact) mass is 436 g/mol. The standard InChI is InChI=1S/C19H44N2O5Si2/c1-5-23-17(24-6-2)15(27)11-9-13-20-19(22)21-14-10-12-16(28)18(25-7-3)26-8-4/h15-18H,5-14H2,1-4,27-28H3,(H2,20,21,22). The number of amides is 2. The second kappa shape index (κ2) is 18.6. The van der Waals surface area contributed by atoms with E-state index in [-0.39, 0.29) is 18.6 Å². The molecule has 0 aliphatic carbocycles. The smallest absolute Gasteiger partial charge is 0.314 e. The van der Waals surface area contributed by atoms with E-state index in [2.05, 4.69) is 10.6 Å². The third kappa shape index (κ3) is 13.7. The predicted molar refractivity (Wildman–Crippen MR) is 121 cm³/mol. The summed E-state index contributed by atoms with van der Waals surface area (Å²) >= 11 is 0. The normalized spacial score (nSPS) is 13.9. The molecule has 0 aromatic carbocycles. The molecule has 0 aromatic heterocycles. The molecule has 0 aromatic rings. The molecule has 2 N–H and O–H groups in total. The van der Waals surface area contributed by atoms with Gasteiger partial charge in [0.15, 0.2) is 12.6 Å². The molecule has 2 amide bonds. The summed E-state index contributed by atoms with van der Waals surface area (Å²) in [6.45, 7) is 12.0. The Balaban J connectivity index is 3.84. The molecular formula is C19H44N2O5Si2. The summed E-state index contributed by atoms with van der Waals surface area (Å²) < 4.78 is 22.6. The lowest BCUT2D eigenvalue weighted by Gasteiger charge is -2.24. The van der Waals surface area contributed by atoms with E-state index in [1.54, 1.807) is 0 Å². The Morgan fingerprint density at radius 1 is 0.714 bits per heavy atom. The zero-order valence-electron chi connectivity index (χ0n) is 18.9. The minimum atomic E-state index is -0.0989. The molecular weight excluding hydrogens is 392 g/mol. The van der Waals surface area contributed by atoms with Crippen molar-refractivity contribution < 1.29 is 23.7 Å². The van der Waals surface area contributed by atoms with Gasteiger partial charge in [-0.05, 0) is 64.5 Å². The second-order valence-electron chi connectivity index (χ2n) is 6.98. The summed E-state index contributed by atoms with van der Waals surface area (Å²) in [6, 6.07) is -0.0906. The highest BCUT2D eigenvalue weighted by molar-refractivity contribution is 6.12. The Morgan fingerprint density at radius 2 is 1.04 bits per heavy atom. The van der Waals surface area contributed by atoms with Gasteiger partial charge in [0.05, 0.1) is 0 Å². The third-order valence-corrected chi connectivity index (χ3v) is 6.74. The van der Waals surface area contributed by atoms with Crippen LogP contribution in [0.4, 0.5) is 4.79 Å². The van der Waals surface area contributed by atoms with Crippen molar-refractivity contribution in [1.29, 1.82) is 0 Å². The lowest BCUT2D eigenvalue weighted by molar-refractivity contribution is -0.139. The number of hydrogen-bond acceptors (Lipinski definition) is 5. The van der Waals surface area contributed by atoms with Crippen LogP contribution in [0.5, 0.6) is 0 Å². The SMILES string of the molecule is CCOC(OCC)C([SiH3])CCCNC(=O)NCCCC([SiH3])C(OCC)OCC. The van der Waals surface area contributed by atoms with E-state index in [9.17, 15) is 4.79 Å². The van der Waals surface area contributed by atoms with Crippen LogP contribution in [0.2, 0.25) is 11.1 Å². The Morgan fingerprint density at radius 3 is 1.32 bits per heavy atom. The zero-order chi connectivity index (χ0) is 21.2. The number of rotatable bonds is 18. The molecule has 0 bridgehead atoms. The Bertz CT molecular complexity index is 336. The van der Waals surface area contributed by atoms with Crippen molar-refractivity contribution in [2.45, 2.75) is 77.0 Å². The fourth-order valence-electron chi connectivity index (χ4n) is 3.00. The lowest BCUT2D eigenvalue weighted by Crippen LogP contribution is -2.37. The molecule has 0 saturated heterocycles. The second-order valence-corrected chi connectivity index (χ2v) is 9.95. The van der Waals surface area contributed by atoms with Crippen LogP contribution < -0.4 is 10.6 Å². The first-order valence-electron chi connectivity index (χ1n) is 11.0. The molecule has 0 aliphatic heterocycles. The molecule has 7 nitrogen and oxygen atoms in total. The quantitative estimate of drug-likeness (QED) is 0.190. The van der Waals surface area contributed by atoms with E-state index < -0.39 is 0 Å². The van der Waals surface area contributed by atoms with Crippen LogP contribution in [0.3, 0.4) is 0 Å². The van der Waals surface area contributed by atoms with Crippen LogP contribution in [-0.2, 0) is 18.9 Å². The van der Waals surface area contributed by atoms with Crippen LogP contribution in [0.1, 0.15) is 53.4 Å². The van der Waals surface area contributed by atoms with Crippen molar-refractivity contribution in [2.24, 2.45) is 0 Å². The molecule has 168 valence electrons. The highest BCUT2D eigenvalue weighted by Crippen LogP contribution is 2.19. The Labute approximate surface area is 177 Å². The van der Waals surface area contributed by atoms with Gasteiger partial charge in [0.25, 0.3) is 0 Å². The minimum Gasteiger partial charge on any atom is -0.353 e. The fourth-order valence-corrected chi connectivity index (χ4v) is 4.58. The summed E-state index contributed by atoms with van der Waals surface area (Å²) in [7, 11) is 2.03. The summed E-state index contributed by atoms with van der Waals surface area (Å²) in [5.41, 5.74) is 0.887. The summed E-state index contributed by atoms with van der Waals surface area (Å²) in [4.78, 5) is 11.9. The van der Waals surface area contributed by atoms with E-state index >= 15 is 0 Å². The maximum Gasteiger partial charge on any atom is 0.314 e. The minimum absolute atomic E-state index is 0.0906. The average molecular weight is 437 g/mol. The van der Waals surface area contributed by atoms with Crippen LogP contribution in [0, 0.1) is 0 Å². The van der Waals surface area contributed by atoms with E-state index in [1.165, 1.54) is 0 Å². The van der Waals surface area contributed by atoms with Gasteiger partial charge in [-0.3, -0.25) is 0 Å². The summed E-state index contributed by atoms with van der Waals surface area (Å²) in [6.07, 6.45) is 3.69. The number of carbonyl (C=O) groups is 1. The number of nitrogens with one attached hydrogen (secondary N) is 2. The molecule has 0 saturated carbocycles. The van der Waals surface area contributed by atoms with Gasteiger partial charge in [-0.25, -0.2) is 4.79 Å². The van der Waals surface area contributed by atoms with E-state index in [0.29, 0.717) is 50.6 Å². The molecule has 28 heavy (non-hydrogen) atoms. The maximum absolute atomic E-state index is 11.9. The van der Waals surface area contributed by atoms with Crippen molar-refractivity contribution >= 4 is 26.5 Å². The summed E-state index contributed by atoms with van der Waals surface area (Å²) in [5.74, 6) is 0. The van der Waals surface area contributed by atoms with Crippen molar-refractivity contribution in [3.63, 3.8) is 0 Å². The molecule has 9 heteroatoms. The molecule has 0 radical (unpaired) electrons. The lowest BCUT2D eigenvalue weighted by atomic mass is 10.2. The molecule has 0 fully saturated rings. The van der Waals surface area contributed by atoms with Crippen LogP contribution in [-0.4, -0.2) is 78.6 Å². The van der Waals surface area contributed by atoms with Crippen LogP contribution >= 0.6 is 0 Å². The zero-order valence-corrected chi connectivity index (χ0v) is 22.9. The van der Waals surface area contributed by atoms with Gasteiger partial charge in [0.2, 0.25) is 0 Å². The molecule has 2 atom stereocenters. The highest BCUT2D eigenvalue weighted by atomic mass is 28.1. The maximum atomic E-state index is 11.9. The van der Waals surface area contributed by atoms with E-state index in [1.807, 2.05) is 27.7 Å². The number of hydrogen-bond donors (Lipinski definition) is 2. The first-order valence-corrected chi connectivity index (χ1v) is 13.3. The van der Waals surface area contributed by atoms with Crippen LogP contribution in [0.15, 0.2) is 0 Å². The van der Waals surface area contributed by atoms with Gasteiger partial charge in [0, 0.05) is 60.0 Å². The number of urea groups is 1. The summed E-state index contributed by atoms with van der Waals surface area (Å²) in [5, 5.41) is 5.87. The van der Waals surface area contributed by atoms with Crippen molar-refractivity contribution in [2.75, 3.05) is 39.5 Å². The van der Waals surface area contributed by atoms with E-state index in [4.69, 9.17) is 18.9 Å². The molecule has 0 heterocycles. The number of ether oxygens (including phenoxy) is 4. The molecule has 0 rings (SSSR count). The van der Waals surface area contributed by atoms with Gasteiger partial charge in [-0.1, -0.05) is 0 Å². The average Bonchev–Trinajstić information content (AvgIpc) is 2.67. The highest BCUT2D eigenvalue weighted by Gasteiger charge is 2.18. The van der Waals surface area contributed by atoms with Gasteiger partial charge >= 0.3 is 6.03 Å². The van der Waals surface area contributed by atoms with Gasteiger partial charge in [-0.15, -0.1) is 0 Å². The van der Waals surface area contributed by atoms with Crippen molar-refractivity contribution in [3.05, 3.63) is 0 Å². The van der Waals surface area contributed by atoms with Crippen molar-refractivity contribution in [1.82, 2.24) is 10.6 Å².